The van der Waals surface area contributed by atoms with E-state index in [0.717, 1.165) is 42.1 Å². The van der Waals surface area contributed by atoms with Crippen molar-refractivity contribution in [3.63, 3.8) is 0 Å². The van der Waals surface area contributed by atoms with Crippen molar-refractivity contribution in [3.05, 3.63) is 36.0 Å². The third kappa shape index (κ3) is 54.8. The van der Waals surface area contributed by atoms with Crippen molar-refractivity contribution in [1.82, 2.24) is 26.3 Å². The number of nitrogens with one attached hydrogen (secondary N) is 5. The molecule has 0 bridgehead atoms. The maximum Gasteiger partial charge on any atom is 0.242 e. The number of methoxy groups -OCH3 is 1. The number of thiocarbonyl (C=S) groups is 1. The Morgan fingerprint density at radius 1 is 0.429 bits per heavy atom. The lowest BCUT2D eigenvalue weighted by Gasteiger charge is -2.19. The van der Waals surface area contributed by atoms with Gasteiger partial charge >= 0.3 is 0 Å². The zero-order valence-corrected chi connectivity index (χ0v) is 55.2. The second-order valence-corrected chi connectivity index (χ2v) is 20.3. The number of ether oxygens (including phenoxy) is 17. The first-order valence-electron chi connectivity index (χ1n) is 32.4. The van der Waals surface area contributed by atoms with Crippen molar-refractivity contribution in [2.24, 2.45) is 4.99 Å². The molecule has 524 valence electrons. The average Bonchev–Trinajstić information content (AvgIpc) is 1.92. The number of carbonyl (C=O) groups is 4. The van der Waals surface area contributed by atoms with Gasteiger partial charge in [0.1, 0.15) is 6.04 Å². The van der Waals surface area contributed by atoms with E-state index in [1.54, 1.807) is 7.11 Å². The molecule has 1 heterocycles. The third-order valence-electron chi connectivity index (χ3n) is 12.9. The van der Waals surface area contributed by atoms with Gasteiger partial charge < -0.3 is 107 Å². The zero-order valence-electron chi connectivity index (χ0n) is 54.3. The van der Waals surface area contributed by atoms with Gasteiger partial charge in [-0.3, -0.25) is 19.2 Å². The van der Waals surface area contributed by atoms with E-state index in [-0.39, 0.29) is 62.6 Å². The van der Waals surface area contributed by atoms with E-state index in [1.165, 1.54) is 0 Å². The lowest BCUT2D eigenvalue weighted by Crippen LogP contribution is -2.47. The van der Waals surface area contributed by atoms with Gasteiger partial charge in [-0.15, -0.1) is 0 Å². The SMILES string of the molecule is COCCOCCOCCOCCOCCOCCNC(=O)CCOCCOCCOCCOCCCCCOCCOCCOCCNC(=O)C(CCCCNC(=O)CCOCCOCCOCCOCCN=C=S)NC(=O)CCCc1c[nH]c2ccccc12. The molecule has 1 aromatic carbocycles. The van der Waals surface area contributed by atoms with Crippen molar-refractivity contribution in [2.45, 2.75) is 76.7 Å². The fraction of sp³-hybridized carbons (Fsp3) is 0.794. The number of para-hydroxylation sites is 1. The van der Waals surface area contributed by atoms with E-state index in [4.69, 9.17) is 80.5 Å². The van der Waals surface area contributed by atoms with E-state index in [0.29, 0.717) is 250 Å². The van der Waals surface area contributed by atoms with Crippen LogP contribution in [0.4, 0.5) is 0 Å². The number of benzene rings is 1. The summed E-state index contributed by atoms with van der Waals surface area (Å²) in [6.07, 6.45) is 8.61. The highest BCUT2D eigenvalue weighted by Crippen LogP contribution is 2.19. The van der Waals surface area contributed by atoms with E-state index in [1.807, 2.05) is 24.4 Å². The van der Waals surface area contributed by atoms with Crippen LogP contribution < -0.4 is 21.3 Å². The molecule has 0 spiro atoms. The van der Waals surface area contributed by atoms with Crippen molar-refractivity contribution in [2.75, 3.05) is 251 Å². The molecule has 0 saturated heterocycles. The number of unbranched alkanes of at least 4 members (excludes halogenated alkanes) is 3. The van der Waals surface area contributed by atoms with E-state index in [9.17, 15) is 19.2 Å². The van der Waals surface area contributed by atoms with Gasteiger partial charge in [0.25, 0.3) is 0 Å². The van der Waals surface area contributed by atoms with Crippen LogP contribution in [0.25, 0.3) is 10.9 Å². The Morgan fingerprint density at radius 2 is 0.835 bits per heavy atom. The Balaban J connectivity index is 1.37. The maximum atomic E-state index is 13.3. The zero-order chi connectivity index (χ0) is 65.1. The molecule has 1 unspecified atom stereocenters. The number of rotatable bonds is 71. The first kappa shape index (κ1) is 82.9. The number of aryl methyl sites for hydroxylation is 1. The van der Waals surface area contributed by atoms with Crippen molar-refractivity contribution >= 4 is 51.9 Å². The highest BCUT2D eigenvalue weighted by atomic mass is 32.1. The second kappa shape index (κ2) is 65.8. The highest BCUT2D eigenvalue weighted by molar-refractivity contribution is 7.78. The quantitative estimate of drug-likeness (QED) is 0.0360. The number of aromatic amines is 1. The predicted molar refractivity (Wildman–Crippen MR) is 344 cm³/mol. The number of amides is 4. The minimum absolute atomic E-state index is 0.0992. The van der Waals surface area contributed by atoms with E-state index < -0.39 is 6.04 Å². The number of hydrogen-bond donors (Lipinski definition) is 5. The normalized spacial score (nSPS) is 11.7. The van der Waals surface area contributed by atoms with E-state index in [2.05, 4.69) is 54.7 Å². The average molecular weight is 1320 g/mol. The molecule has 1 aromatic heterocycles. The number of H-pyrrole nitrogens is 1. The van der Waals surface area contributed by atoms with Gasteiger partial charge in [-0.25, -0.2) is 4.99 Å². The van der Waals surface area contributed by atoms with Crippen molar-refractivity contribution in [1.29, 1.82) is 0 Å². The molecule has 2 rings (SSSR count). The Labute approximate surface area is 544 Å². The molecule has 4 amide bonds. The molecule has 0 saturated carbocycles. The minimum atomic E-state index is -0.726. The third-order valence-corrected chi connectivity index (χ3v) is 13.0. The minimum Gasteiger partial charge on any atom is -0.382 e. The summed E-state index contributed by atoms with van der Waals surface area (Å²) in [6.45, 7) is 16.6. The van der Waals surface area contributed by atoms with Crippen LogP contribution in [0.15, 0.2) is 35.5 Å². The van der Waals surface area contributed by atoms with Crippen LogP contribution in [0.1, 0.15) is 69.8 Å². The number of fused-ring (bicyclic) bond motifs is 1. The van der Waals surface area contributed by atoms with Crippen LogP contribution in [0.3, 0.4) is 0 Å². The number of hydrogen-bond acceptors (Lipinski definition) is 23. The molecular weight excluding hydrogens is 1210 g/mol. The molecule has 5 N–H and O–H groups in total. The fourth-order valence-corrected chi connectivity index (χ4v) is 8.17. The largest absolute Gasteiger partial charge is 0.382 e. The fourth-order valence-electron chi connectivity index (χ4n) is 8.08. The first-order valence-corrected chi connectivity index (χ1v) is 32.8. The Bertz CT molecular complexity index is 2050. The summed E-state index contributed by atoms with van der Waals surface area (Å²) in [5.41, 5.74) is 2.21. The Hall–Kier alpha value is -4.24. The second-order valence-electron chi connectivity index (χ2n) is 20.1. The van der Waals surface area contributed by atoms with Gasteiger partial charge in [0.2, 0.25) is 23.6 Å². The summed E-state index contributed by atoms with van der Waals surface area (Å²) in [5, 5.41) is 15.0. The topological polar surface area (TPSA) is 301 Å². The molecule has 0 fully saturated rings. The van der Waals surface area contributed by atoms with Crippen LogP contribution in [0, 0.1) is 0 Å². The summed E-state index contributed by atoms with van der Waals surface area (Å²) < 4.78 is 93.1. The Kier molecular flexibility index (Phi) is 59.9. The lowest BCUT2D eigenvalue weighted by molar-refractivity contribution is -0.129. The molecule has 27 nitrogen and oxygen atoms in total. The van der Waals surface area contributed by atoms with Gasteiger partial charge in [-0.1, -0.05) is 18.2 Å². The molecular formula is C63H110N6O21S. The van der Waals surface area contributed by atoms with E-state index >= 15 is 0 Å². The van der Waals surface area contributed by atoms with Gasteiger partial charge in [0.15, 0.2) is 0 Å². The molecule has 2 aromatic rings. The first-order chi connectivity index (χ1) is 44.9. The molecule has 0 aliphatic rings. The van der Waals surface area contributed by atoms with Gasteiger partial charge in [0, 0.05) is 76.3 Å². The van der Waals surface area contributed by atoms with Crippen LogP contribution in [0.5, 0.6) is 0 Å². The molecule has 1 atom stereocenters. The number of aliphatic imine (C=N–C) groups is 1. The number of carbonyl (C=O) groups excluding carboxylic acids is 4. The summed E-state index contributed by atoms with van der Waals surface area (Å²) >= 11 is 4.51. The highest BCUT2D eigenvalue weighted by Gasteiger charge is 2.20. The van der Waals surface area contributed by atoms with Crippen molar-refractivity contribution < 1.29 is 99.7 Å². The standard InChI is InChI=1S/C63H110N6O21S/c1-74-28-29-82-44-45-89-52-53-90-51-50-88-42-35-80-26-19-66-61(71)16-24-78-33-40-85-47-46-84-38-31-76-22-8-2-7-21-75-30-37-83-43-36-81-27-20-67-63(73)59(69-62(72)14-9-10-56-54-68-58-12-4-3-11-57(56)58)13-5-6-17-65-60(70)15-23-77-32-39-86-48-49-87-41-34-79-25-18-64-55-91/h3-4,11-12,54,59,68H,2,5-10,13-53H2,1H3,(H,65,70)(H,66,71)(H,67,73)(H,69,72). The monoisotopic (exact) mass is 1320 g/mol. The lowest BCUT2D eigenvalue weighted by atomic mass is 10.1. The van der Waals surface area contributed by atoms with Crippen LogP contribution in [0.2, 0.25) is 0 Å². The summed E-state index contributed by atoms with van der Waals surface area (Å²) in [7, 11) is 1.64. The van der Waals surface area contributed by atoms with Gasteiger partial charge in [0.05, 0.1) is 217 Å². The molecule has 0 aliphatic heterocycles. The summed E-state index contributed by atoms with van der Waals surface area (Å²) in [5.74, 6) is -0.699. The van der Waals surface area contributed by atoms with Crippen LogP contribution in [-0.2, 0) is 106 Å². The van der Waals surface area contributed by atoms with Gasteiger partial charge in [-0.2, -0.15) is 0 Å². The number of nitrogens with zero attached hydrogens (tertiary/aromatic N) is 1. The molecule has 28 heteroatoms. The molecule has 91 heavy (non-hydrogen) atoms. The van der Waals surface area contributed by atoms with Crippen molar-refractivity contribution in [3.8, 4) is 0 Å². The smallest absolute Gasteiger partial charge is 0.242 e. The summed E-state index contributed by atoms with van der Waals surface area (Å²) in [6, 6.07) is 7.34. The van der Waals surface area contributed by atoms with Crippen LogP contribution in [-0.4, -0.2) is 291 Å². The summed E-state index contributed by atoms with van der Waals surface area (Å²) in [4.78, 5) is 57.9. The van der Waals surface area contributed by atoms with Crippen LogP contribution >= 0.6 is 12.2 Å². The molecule has 0 aliphatic carbocycles. The predicted octanol–water partition coefficient (Wildman–Crippen LogP) is 3.46. The number of aromatic nitrogens is 1. The Morgan fingerprint density at radius 3 is 1.31 bits per heavy atom. The van der Waals surface area contributed by atoms with Gasteiger partial charge in [-0.05, 0) is 75.2 Å². The molecule has 0 radical (unpaired) electrons. The number of isothiocyanates is 1. The maximum absolute atomic E-state index is 13.3.